The van der Waals surface area contributed by atoms with Gasteiger partial charge in [-0.3, -0.25) is 0 Å². The van der Waals surface area contributed by atoms with Gasteiger partial charge in [0.25, 0.3) is 0 Å². The molecule has 3 heteroatoms. The van der Waals surface area contributed by atoms with Gasteiger partial charge in [-0.15, -0.1) is 0 Å². The predicted molar refractivity (Wildman–Crippen MR) is 56.8 cm³/mol. The molecule has 1 nitrogen and oxygen atoms in total. The van der Waals surface area contributed by atoms with Crippen molar-refractivity contribution in [1.29, 1.82) is 0 Å². The molecule has 11 heavy (non-hydrogen) atoms. The molecule has 0 N–H and O–H groups in total. The van der Waals surface area contributed by atoms with Crippen LogP contribution in [0, 0.1) is 5.41 Å². The van der Waals surface area contributed by atoms with Crippen LogP contribution in [0.5, 0.6) is 0 Å². The average Bonchev–Trinajstić information content (AvgIpc) is 2.05. The predicted octanol–water partition coefficient (Wildman–Crippen LogP) is 3.21. The molecule has 68 valence electrons. The minimum absolute atomic E-state index is 0.387. The van der Waals surface area contributed by atoms with E-state index in [0.29, 0.717) is 5.41 Å². The Morgan fingerprint density at radius 3 is 2.18 bits per heavy atom. The number of alkyl halides is 2. The molecular formula is C8H16Br2O. The third-order valence-electron chi connectivity index (χ3n) is 1.77. The molecule has 0 saturated heterocycles. The van der Waals surface area contributed by atoms with E-state index >= 15 is 0 Å². The Balaban J connectivity index is 3.51. The van der Waals surface area contributed by atoms with Crippen molar-refractivity contribution in [2.24, 2.45) is 5.41 Å². The van der Waals surface area contributed by atoms with Gasteiger partial charge in [-0.05, 0) is 18.3 Å². The van der Waals surface area contributed by atoms with Gasteiger partial charge < -0.3 is 4.74 Å². The molecule has 0 bridgehead atoms. The maximum absolute atomic E-state index is 5.00. The van der Waals surface area contributed by atoms with E-state index in [0.717, 1.165) is 23.7 Å². The van der Waals surface area contributed by atoms with Crippen molar-refractivity contribution in [3.63, 3.8) is 0 Å². The number of hydrogen-bond acceptors (Lipinski definition) is 1. The summed E-state index contributed by atoms with van der Waals surface area (Å²) in [4.78, 5) is 0. The van der Waals surface area contributed by atoms with Crippen molar-refractivity contribution >= 4 is 31.9 Å². The van der Waals surface area contributed by atoms with E-state index in [9.17, 15) is 0 Å². The van der Waals surface area contributed by atoms with Crippen molar-refractivity contribution in [3.8, 4) is 0 Å². The number of methoxy groups -OCH3 is 1. The zero-order valence-corrected chi connectivity index (χ0v) is 10.4. The highest BCUT2D eigenvalue weighted by atomic mass is 79.9. The van der Waals surface area contributed by atoms with Crippen LogP contribution in [0.1, 0.15) is 19.8 Å². The highest BCUT2D eigenvalue weighted by Crippen LogP contribution is 2.27. The first-order valence-electron chi connectivity index (χ1n) is 3.79. The first kappa shape index (κ1) is 11.9. The normalized spacial score (nSPS) is 12.0. The van der Waals surface area contributed by atoms with E-state index < -0.39 is 0 Å². The van der Waals surface area contributed by atoms with Gasteiger partial charge in [0.15, 0.2) is 0 Å². The fourth-order valence-electron chi connectivity index (χ4n) is 0.813. The summed E-state index contributed by atoms with van der Waals surface area (Å²) in [5.41, 5.74) is 0.387. The molecule has 0 unspecified atom stereocenters. The molecule has 0 aromatic carbocycles. The van der Waals surface area contributed by atoms with Crippen LogP contribution in [0.15, 0.2) is 0 Å². The molecular weight excluding hydrogens is 272 g/mol. The molecule has 0 saturated carbocycles. The van der Waals surface area contributed by atoms with Crippen LogP contribution in [-0.4, -0.2) is 24.4 Å². The van der Waals surface area contributed by atoms with Crippen LogP contribution in [-0.2, 0) is 4.74 Å². The highest BCUT2D eigenvalue weighted by molar-refractivity contribution is 9.09. The van der Waals surface area contributed by atoms with Gasteiger partial charge in [0, 0.05) is 24.4 Å². The van der Waals surface area contributed by atoms with E-state index in [2.05, 4.69) is 38.8 Å². The van der Waals surface area contributed by atoms with Crippen molar-refractivity contribution in [3.05, 3.63) is 0 Å². The Kier molecular flexibility index (Phi) is 6.98. The van der Waals surface area contributed by atoms with Crippen LogP contribution in [0.3, 0.4) is 0 Å². The highest BCUT2D eigenvalue weighted by Gasteiger charge is 2.20. The zero-order valence-electron chi connectivity index (χ0n) is 7.20. The van der Waals surface area contributed by atoms with Gasteiger partial charge in [0.05, 0.1) is 0 Å². The smallest absolute Gasteiger partial charge is 0.0462 e. The maximum Gasteiger partial charge on any atom is 0.0462 e. The van der Waals surface area contributed by atoms with Gasteiger partial charge in [-0.25, -0.2) is 0 Å². The van der Waals surface area contributed by atoms with Gasteiger partial charge >= 0.3 is 0 Å². The molecule has 0 aliphatic carbocycles. The van der Waals surface area contributed by atoms with E-state index in [1.807, 2.05) is 0 Å². The van der Waals surface area contributed by atoms with E-state index in [1.165, 1.54) is 6.42 Å². The number of hydrogen-bond donors (Lipinski definition) is 0. The molecule has 0 aromatic rings. The fourth-order valence-corrected chi connectivity index (χ4v) is 2.30. The van der Waals surface area contributed by atoms with Gasteiger partial charge in [0.1, 0.15) is 0 Å². The van der Waals surface area contributed by atoms with Crippen LogP contribution < -0.4 is 0 Å². The number of ether oxygens (including phenoxy) is 1. The van der Waals surface area contributed by atoms with Crippen LogP contribution in [0.25, 0.3) is 0 Å². The average molecular weight is 288 g/mol. The standard InChI is InChI=1S/C8H16Br2O/c1-8(6-9,7-10)4-3-5-11-2/h3-7H2,1-2H3. The van der Waals surface area contributed by atoms with Gasteiger partial charge in [0.2, 0.25) is 0 Å². The monoisotopic (exact) mass is 286 g/mol. The second-order valence-corrected chi connectivity index (χ2v) is 4.30. The lowest BCUT2D eigenvalue weighted by Gasteiger charge is -2.24. The minimum Gasteiger partial charge on any atom is -0.385 e. The van der Waals surface area contributed by atoms with Crippen LogP contribution >= 0.6 is 31.9 Å². The third kappa shape index (κ3) is 5.21. The molecule has 0 amide bonds. The summed E-state index contributed by atoms with van der Waals surface area (Å²) in [7, 11) is 1.75. The summed E-state index contributed by atoms with van der Waals surface area (Å²) in [6.07, 6.45) is 2.35. The molecule has 0 spiro atoms. The Bertz CT molecular complexity index is 92.1. The zero-order chi connectivity index (χ0) is 8.74. The van der Waals surface area contributed by atoms with Crippen LogP contribution in [0.2, 0.25) is 0 Å². The van der Waals surface area contributed by atoms with E-state index in [1.54, 1.807) is 7.11 Å². The molecule has 0 aromatic heterocycles. The Labute approximate surface area is 86.1 Å². The van der Waals surface area contributed by atoms with Crippen molar-refractivity contribution < 1.29 is 4.74 Å². The molecule has 0 radical (unpaired) electrons. The molecule has 0 aliphatic rings. The quantitative estimate of drug-likeness (QED) is 0.538. The largest absolute Gasteiger partial charge is 0.385 e. The topological polar surface area (TPSA) is 9.23 Å². The summed E-state index contributed by atoms with van der Waals surface area (Å²) in [5.74, 6) is 0. The molecule has 0 fully saturated rings. The molecule has 0 heterocycles. The third-order valence-corrected chi connectivity index (χ3v) is 4.48. The molecule has 0 aliphatic heterocycles. The second kappa shape index (κ2) is 6.44. The first-order chi connectivity index (χ1) is 5.18. The summed E-state index contributed by atoms with van der Waals surface area (Å²) >= 11 is 7.03. The van der Waals surface area contributed by atoms with E-state index in [-0.39, 0.29) is 0 Å². The van der Waals surface area contributed by atoms with Crippen molar-refractivity contribution in [1.82, 2.24) is 0 Å². The maximum atomic E-state index is 5.00. The number of halogens is 2. The summed E-state index contributed by atoms with van der Waals surface area (Å²) < 4.78 is 5.00. The Morgan fingerprint density at radius 1 is 1.27 bits per heavy atom. The summed E-state index contributed by atoms with van der Waals surface area (Å²) in [6, 6.07) is 0. The lowest BCUT2D eigenvalue weighted by Crippen LogP contribution is -2.20. The van der Waals surface area contributed by atoms with Crippen molar-refractivity contribution in [2.75, 3.05) is 24.4 Å². The minimum atomic E-state index is 0.387. The van der Waals surface area contributed by atoms with Gasteiger partial charge in [-0.1, -0.05) is 38.8 Å². The van der Waals surface area contributed by atoms with Crippen molar-refractivity contribution in [2.45, 2.75) is 19.8 Å². The Morgan fingerprint density at radius 2 is 1.82 bits per heavy atom. The molecule has 0 rings (SSSR count). The summed E-state index contributed by atoms with van der Waals surface area (Å²) in [5, 5.41) is 2.10. The van der Waals surface area contributed by atoms with Crippen LogP contribution in [0.4, 0.5) is 0 Å². The summed E-state index contributed by atoms with van der Waals surface area (Å²) in [6.45, 7) is 3.14. The van der Waals surface area contributed by atoms with E-state index in [4.69, 9.17) is 4.74 Å². The SMILES string of the molecule is COCCCC(C)(CBr)CBr. The fraction of sp³-hybridized carbons (Fsp3) is 1.00. The number of rotatable bonds is 6. The lowest BCUT2D eigenvalue weighted by atomic mass is 9.91. The Hall–Kier alpha value is 0.920. The molecule has 0 atom stereocenters. The second-order valence-electron chi connectivity index (χ2n) is 3.17. The lowest BCUT2D eigenvalue weighted by molar-refractivity contribution is 0.181. The van der Waals surface area contributed by atoms with Gasteiger partial charge in [-0.2, -0.15) is 0 Å². The first-order valence-corrected chi connectivity index (χ1v) is 6.04.